The van der Waals surface area contributed by atoms with Crippen LogP contribution in [0.1, 0.15) is 37.2 Å². The quantitative estimate of drug-likeness (QED) is 0.915. The molecule has 3 nitrogen and oxygen atoms in total. The van der Waals surface area contributed by atoms with Gasteiger partial charge in [0.05, 0.1) is 5.92 Å². The number of carbonyl (C=O) groups is 1. The van der Waals surface area contributed by atoms with E-state index in [0.29, 0.717) is 18.1 Å². The van der Waals surface area contributed by atoms with Crippen LogP contribution in [0, 0.1) is 6.92 Å². The molecule has 0 spiro atoms. The molecule has 1 aromatic rings. The first-order chi connectivity index (χ1) is 9.65. The Bertz CT molecular complexity index is 459. The van der Waals surface area contributed by atoms with E-state index in [-0.39, 0.29) is 11.8 Å². The molecule has 1 unspecified atom stereocenters. The van der Waals surface area contributed by atoms with Gasteiger partial charge in [0.25, 0.3) is 0 Å². The van der Waals surface area contributed by atoms with Gasteiger partial charge < -0.3 is 10.2 Å². The number of nitrogens with one attached hydrogen (secondary N) is 1. The van der Waals surface area contributed by atoms with Gasteiger partial charge in [0.15, 0.2) is 0 Å². The number of rotatable bonds is 3. The summed E-state index contributed by atoms with van der Waals surface area (Å²) in [7, 11) is 2.22. The van der Waals surface area contributed by atoms with E-state index in [2.05, 4.69) is 24.2 Å². The molecule has 1 radical (unpaired) electrons. The number of carbonyl (C=O) groups excluding carboxylic acids is 1. The van der Waals surface area contributed by atoms with Crippen molar-refractivity contribution in [3.8, 4) is 0 Å². The normalized spacial score (nSPS) is 31.0. The highest BCUT2D eigenvalue weighted by atomic mass is 16.1. The summed E-state index contributed by atoms with van der Waals surface area (Å²) in [4.78, 5) is 14.8. The monoisotopic (exact) mass is 271 g/mol. The minimum absolute atomic E-state index is 0.0603. The minimum atomic E-state index is -0.312. The zero-order valence-electron chi connectivity index (χ0n) is 12.1. The second kappa shape index (κ2) is 5.57. The first kappa shape index (κ1) is 13.6. The molecule has 2 heterocycles. The Morgan fingerprint density at radius 3 is 2.45 bits per heavy atom. The van der Waals surface area contributed by atoms with Crippen LogP contribution < -0.4 is 5.32 Å². The predicted octanol–water partition coefficient (Wildman–Crippen LogP) is 2.35. The van der Waals surface area contributed by atoms with Crippen LogP contribution in [-0.4, -0.2) is 36.0 Å². The van der Waals surface area contributed by atoms with Crippen molar-refractivity contribution in [1.29, 1.82) is 0 Å². The van der Waals surface area contributed by atoms with Crippen molar-refractivity contribution in [2.75, 3.05) is 7.05 Å². The Labute approximate surface area is 121 Å². The molecule has 4 atom stereocenters. The molecule has 1 aromatic carbocycles. The van der Waals surface area contributed by atoms with Gasteiger partial charge in [-0.05, 0) is 45.2 Å². The van der Waals surface area contributed by atoms with Crippen molar-refractivity contribution >= 4 is 5.91 Å². The van der Waals surface area contributed by atoms with Crippen molar-refractivity contribution in [1.82, 2.24) is 10.2 Å². The average Bonchev–Trinajstić information content (AvgIpc) is 2.69. The lowest BCUT2D eigenvalue weighted by Gasteiger charge is -2.37. The number of fused-ring (bicyclic) bond motifs is 2. The van der Waals surface area contributed by atoms with Crippen LogP contribution in [0.25, 0.3) is 0 Å². The van der Waals surface area contributed by atoms with Crippen LogP contribution in [0.4, 0.5) is 0 Å². The highest BCUT2D eigenvalue weighted by Gasteiger charge is 2.39. The number of hydrogen-bond donors (Lipinski definition) is 1. The molecule has 3 rings (SSSR count). The summed E-state index contributed by atoms with van der Waals surface area (Å²) < 4.78 is 0. The maximum Gasteiger partial charge on any atom is 0.227 e. The van der Waals surface area contributed by atoms with E-state index in [9.17, 15) is 4.79 Å². The predicted molar refractivity (Wildman–Crippen MR) is 80.3 cm³/mol. The van der Waals surface area contributed by atoms with Gasteiger partial charge in [-0.1, -0.05) is 30.3 Å². The van der Waals surface area contributed by atoms with Crippen molar-refractivity contribution in [2.24, 2.45) is 0 Å². The molecule has 1 N–H and O–H groups in total. The molecular formula is C17H23N2O. The Hall–Kier alpha value is -1.35. The largest absolute Gasteiger partial charge is 0.353 e. The summed E-state index contributed by atoms with van der Waals surface area (Å²) >= 11 is 0. The molecule has 2 aliphatic rings. The third-order valence-electron chi connectivity index (χ3n) is 4.96. The number of nitrogens with zero attached hydrogens (tertiary/aromatic N) is 1. The number of benzene rings is 1. The van der Waals surface area contributed by atoms with Gasteiger partial charge in [-0.25, -0.2) is 0 Å². The summed E-state index contributed by atoms with van der Waals surface area (Å²) in [5.74, 6) is -0.251. The lowest BCUT2D eigenvalue weighted by Crippen LogP contribution is -2.49. The van der Waals surface area contributed by atoms with Crippen molar-refractivity contribution in [2.45, 2.75) is 49.7 Å². The van der Waals surface area contributed by atoms with Crippen molar-refractivity contribution in [3.05, 3.63) is 42.8 Å². The molecule has 3 heteroatoms. The number of amides is 1. The zero-order chi connectivity index (χ0) is 14.1. The lowest BCUT2D eigenvalue weighted by atomic mass is 9.95. The molecule has 0 aromatic heterocycles. The molecule has 2 saturated heterocycles. The molecule has 1 amide bonds. The second-order valence-corrected chi connectivity index (χ2v) is 6.19. The van der Waals surface area contributed by atoms with Gasteiger partial charge in [-0.2, -0.15) is 0 Å². The third-order valence-corrected chi connectivity index (χ3v) is 4.96. The van der Waals surface area contributed by atoms with Crippen LogP contribution in [-0.2, 0) is 4.79 Å². The van der Waals surface area contributed by atoms with Crippen molar-refractivity contribution in [3.63, 3.8) is 0 Å². The summed E-state index contributed by atoms with van der Waals surface area (Å²) in [5, 5.41) is 3.21. The molecule has 2 bridgehead atoms. The minimum Gasteiger partial charge on any atom is -0.353 e. The fourth-order valence-corrected chi connectivity index (χ4v) is 3.67. The number of piperidine rings is 1. The summed E-state index contributed by atoms with van der Waals surface area (Å²) in [6, 6.07) is 11.4. The summed E-state index contributed by atoms with van der Waals surface area (Å²) in [6.45, 7) is 4.02. The van der Waals surface area contributed by atoms with E-state index < -0.39 is 0 Å². The van der Waals surface area contributed by atoms with Gasteiger partial charge in [0.2, 0.25) is 5.91 Å². The number of hydrogen-bond acceptors (Lipinski definition) is 2. The van der Waals surface area contributed by atoms with Crippen LogP contribution in [0.5, 0.6) is 0 Å². The molecule has 107 valence electrons. The fourth-order valence-electron chi connectivity index (χ4n) is 3.67. The topological polar surface area (TPSA) is 32.3 Å². The summed E-state index contributed by atoms with van der Waals surface area (Å²) in [5.41, 5.74) is 0.987. The van der Waals surface area contributed by atoms with E-state index in [1.807, 2.05) is 30.3 Å². The van der Waals surface area contributed by atoms with E-state index >= 15 is 0 Å². The van der Waals surface area contributed by atoms with Gasteiger partial charge in [-0.3, -0.25) is 4.79 Å². The molecule has 2 fully saturated rings. The summed E-state index contributed by atoms with van der Waals surface area (Å²) in [6.07, 6.45) is 4.72. The van der Waals surface area contributed by atoms with Crippen molar-refractivity contribution < 1.29 is 4.79 Å². The Morgan fingerprint density at radius 2 is 1.85 bits per heavy atom. The van der Waals surface area contributed by atoms with E-state index in [0.717, 1.165) is 18.4 Å². The third kappa shape index (κ3) is 2.59. The average molecular weight is 271 g/mol. The van der Waals surface area contributed by atoms with Gasteiger partial charge >= 0.3 is 0 Å². The van der Waals surface area contributed by atoms with E-state index in [4.69, 9.17) is 0 Å². The lowest BCUT2D eigenvalue weighted by molar-refractivity contribution is -0.122. The standard InChI is InChI=1S/C17H23N2O/c1-12(13-6-4-3-5-7-13)17(20)18-14-10-15-8-9-16(11-14)19(15)2/h3-7,12,14-16H,1,8-11H2,2H3,(H,18,20)/t12?,14-,15-,16+. The highest BCUT2D eigenvalue weighted by Crippen LogP contribution is 2.34. The molecule has 0 saturated carbocycles. The Kier molecular flexibility index (Phi) is 3.79. The first-order valence-corrected chi connectivity index (χ1v) is 7.55. The smallest absolute Gasteiger partial charge is 0.227 e. The van der Waals surface area contributed by atoms with Gasteiger partial charge in [0.1, 0.15) is 0 Å². The molecular weight excluding hydrogens is 248 g/mol. The van der Waals surface area contributed by atoms with Crippen LogP contribution in [0.15, 0.2) is 30.3 Å². The van der Waals surface area contributed by atoms with Crippen LogP contribution >= 0.6 is 0 Å². The Morgan fingerprint density at radius 1 is 1.25 bits per heavy atom. The fraction of sp³-hybridized carbons (Fsp3) is 0.529. The molecule has 0 aliphatic carbocycles. The SMILES string of the molecule is [CH2]C(C(=O)N[C@@H]1C[C@H]2CC[C@@H](C1)N2C)c1ccccc1. The van der Waals surface area contributed by atoms with Gasteiger partial charge in [0, 0.05) is 18.1 Å². The molecule has 2 aliphatic heterocycles. The van der Waals surface area contributed by atoms with E-state index in [1.54, 1.807) is 0 Å². The van der Waals surface area contributed by atoms with Crippen LogP contribution in [0.3, 0.4) is 0 Å². The maximum absolute atomic E-state index is 12.3. The van der Waals surface area contributed by atoms with Gasteiger partial charge in [-0.15, -0.1) is 0 Å². The van der Waals surface area contributed by atoms with E-state index in [1.165, 1.54) is 12.8 Å². The highest BCUT2D eigenvalue weighted by molar-refractivity contribution is 5.84. The Balaban J connectivity index is 1.60. The molecule has 20 heavy (non-hydrogen) atoms. The zero-order valence-corrected chi connectivity index (χ0v) is 12.1. The van der Waals surface area contributed by atoms with Crippen LogP contribution in [0.2, 0.25) is 0 Å². The first-order valence-electron chi connectivity index (χ1n) is 7.55. The maximum atomic E-state index is 12.3. The second-order valence-electron chi connectivity index (χ2n) is 6.19.